The van der Waals surface area contributed by atoms with E-state index in [9.17, 15) is 4.79 Å². The number of ether oxygens (including phenoxy) is 1. The Balaban J connectivity index is 1.67. The van der Waals surface area contributed by atoms with Crippen LogP contribution in [-0.2, 0) is 4.79 Å². The van der Waals surface area contributed by atoms with Crippen molar-refractivity contribution in [3.63, 3.8) is 0 Å². The fourth-order valence-corrected chi connectivity index (χ4v) is 2.85. The quantitative estimate of drug-likeness (QED) is 0.894. The van der Waals surface area contributed by atoms with Gasteiger partial charge in [-0.15, -0.1) is 0 Å². The molecular formula is C15H21BrN2O2. The average Bonchev–Trinajstić information content (AvgIpc) is 2.47. The standard InChI is InChI=1S/C15H21BrN2O2/c1-17-15(19)12-5-7-18(8-6-12)9-10-20-14-4-2-3-13(16)11-14/h2-4,11-12H,5-10H2,1H3,(H,17,19). The summed E-state index contributed by atoms with van der Waals surface area (Å²) in [7, 11) is 1.71. The van der Waals surface area contributed by atoms with Crippen molar-refractivity contribution in [3.05, 3.63) is 28.7 Å². The van der Waals surface area contributed by atoms with Crippen molar-refractivity contribution in [3.8, 4) is 5.75 Å². The molecule has 0 aliphatic carbocycles. The number of halogens is 1. The lowest BCUT2D eigenvalue weighted by Gasteiger charge is -2.30. The minimum absolute atomic E-state index is 0.176. The van der Waals surface area contributed by atoms with Crippen molar-refractivity contribution in [2.45, 2.75) is 12.8 Å². The summed E-state index contributed by atoms with van der Waals surface area (Å²) in [6, 6.07) is 7.88. The van der Waals surface area contributed by atoms with E-state index in [4.69, 9.17) is 4.74 Å². The molecule has 20 heavy (non-hydrogen) atoms. The van der Waals surface area contributed by atoms with Gasteiger partial charge in [-0.05, 0) is 44.1 Å². The third-order valence-corrected chi connectivity index (χ3v) is 4.17. The van der Waals surface area contributed by atoms with Crippen LogP contribution in [0.5, 0.6) is 5.75 Å². The second kappa shape index (κ2) is 7.64. The summed E-state index contributed by atoms with van der Waals surface area (Å²) >= 11 is 3.43. The van der Waals surface area contributed by atoms with Crippen molar-refractivity contribution in [2.75, 3.05) is 33.3 Å². The van der Waals surface area contributed by atoms with Crippen LogP contribution in [0.3, 0.4) is 0 Å². The van der Waals surface area contributed by atoms with E-state index in [1.165, 1.54) is 0 Å². The van der Waals surface area contributed by atoms with E-state index in [-0.39, 0.29) is 11.8 Å². The molecular weight excluding hydrogens is 320 g/mol. The summed E-state index contributed by atoms with van der Waals surface area (Å²) in [5.74, 6) is 1.25. The molecule has 0 atom stereocenters. The number of hydrogen-bond acceptors (Lipinski definition) is 3. The Labute approximate surface area is 128 Å². The van der Waals surface area contributed by atoms with Crippen LogP contribution in [0.2, 0.25) is 0 Å². The van der Waals surface area contributed by atoms with E-state index < -0.39 is 0 Å². The number of benzene rings is 1. The molecule has 0 spiro atoms. The van der Waals surface area contributed by atoms with E-state index in [1.54, 1.807) is 7.05 Å². The lowest BCUT2D eigenvalue weighted by molar-refractivity contribution is -0.125. The predicted octanol–water partition coefficient (Wildman–Crippen LogP) is 2.29. The second-order valence-electron chi connectivity index (χ2n) is 5.04. The van der Waals surface area contributed by atoms with Gasteiger partial charge in [-0.1, -0.05) is 22.0 Å². The van der Waals surface area contributed by atoms with E-state index >= 15 is 0 Å². The summed E-state index contributed by atoms with van der Waals surface area (Å²) in [6.45, 7) is 3.54. The molecule has 1 amide bonds. The van der Waals surface area contributed by atoms with E-state index in [2.05, 4.69) is 26.1 Å². The van der Waals surface area contributed by atoms with Crippen LogP contribution in [0.1, 0.15) is 12.8 Å². The zero-order valence-corrected chi connectivity index (χ0v) is 13.4. The number of carbonyl (C=O) groups excluding carboxylic acids is 1. The molecule has 2 rings (SSSR count). The second-order valence-corrected chi connectivity index (χ2v) is 5.95. The Kier molecular flexibility index (Phi) is 5.86. The maximum atomic E-state index is 11.5. The van der Waals surface area contributed by atoms with Crippen LogP contribution >= 0.6 is 15.9 Å². The molecule has 1 aromatic carbocycles. The van der Waals surface area contributed by atoms with E-state index in [0.29, 0.717) is 6.61 Å². The molecule has 0 bridgehead atoms. The van der Waals surface area contributed by atoms with E-state index in [0.717, 1.165) is 42.7 Å². The van der Waals surface area contributed by atoms with Crippen LogP contribution in [-0.4, -0.2) is 44.1 Å². The van der Waals surface area contributed by atoms with Crippen molar-refractivity contribution in [1.29, 1.82) is 0 Å². The first-order valence-electron chi connectivity index (χ1n) is 7.01. The van der Waals surface area contributed by atoms with Gasteiger partial charge < -0.3 is 10.1 Å². The lowest BCUT2D eigenvalue weighted by Crippen LogP contribution is -2.41. The summed E-state index contributed by atoms with van der Waals surface area (Å²) in [5.41, 5.74) is 0. The largest absolute Gasteiger partial charge is 0.492 e. The number of nitrogens with one attached hydrogen (secondary N) is 1. The van der Waals surface area contributed by atoms with Crippen molar-refractivity contribution < 1.29 is 9.53 Å². The molecule has 1 aliphatic heterocycles. The third kappa shape index (κ3) is 4.49. The molecule has 1 N–H and O–H groups in total. The maximum Gasteiger partial charge on any atom is 0.222 e. The van der Waals surface area contributed by atoms with Gasteiger partial charge in [0, 0.05) is 24.0 Å². The molecule has 0 saturated carbocycles. The first-order chi connectivity index (χ1) is 9.69. The Morgan fingerprint density at radius 2 is 2.20 bits per heavy atom. The smallest absolute Gasteiger partial charge is 0.222 e. The van der Waals surface area contributed by atoms with Gasteiger partial charge in [-0.25, -0.2) is 0 Å². The van der Waals surface area contributed by atoms with Crippen LogP contribution in [0, 0.1) is 5.92 Å². The highest BCUT2D eigenvalue weighted by Crippen LogP contribution is 2.19. The van der Waals surface area contributed by atoms with Crippen molar-refractivity contribution >= 4 is 21.8 Å². The maximum absolute atomic E-state index is 11.5. The predicted molar refractivity (Wildman–Crippen MR) is 82.9 cm³/mol. The van der Waals surface area contributed by atoms with Gasteiger partial charge in [0.05, 0.1) is 0 Å². The Hall–Kier alpha value is -1.07. The fraction of sp³-hybridized carbons (Fsp3) is 0.533. The first kappa shape index (κ1) is 15.3. The number of hydrogen-bond donors (Lipinski definition) is 1. The number of rotatable bonds is 5. The van der Waals surface area contributed by atoms with Gasteiger partial charge >= 0.3 is 0 Å². The molecule has 0 unspecified atom stereocenters. The monoisotopic (exact) mass is 340 g/mol. The zero-order chi connectivity index (χ0) is 14.4. The normalized spacial score (nSPS) is 16.9. The van der Waals surface area contributed by atoms with Gasteiger partial charge in [-0.2, -0.15) is 0 Å². The number of amides is 1. The van der Waals surface area contributed by atoms with E-state index in [1.807, 2.05) is 24.3 Å². The summed E-state index contributed by atoms with van der Waals surface area (Å²) in [5, 5.41) is 2.73. The van der Waals surface area contributed by atoms with Crippen molar-refractivity contribution in [1.82, 2.24) is 10.2 Å². The topological polar surface area (TPSA) is 41.6 Å². The summed E-state index contributed by atoms with van der Waals surface area (Å²) in [4.78, 5) is 13.9. The number of piperidine rings is 1. The van der Waals surface area contributed by atoms with Crippen LogP contribution in [0.25, 0.3) is 0 Å². The molecule has 0 radical (unpaired) electrons. The summed E-state index contributed by atoms with van der Waals surface area (Å²) in [6.07, 6.45) is 1.88. The third-order valence-electron chi connectivity index (χ3n) is 3.68. The highest BCUT2D eigenvalue weighted by atomic mass is 79.9. The number of nitrogens with zero attached hydrogens (tertiary/aromatic N) is 1. The molecule has 0 aromatic heterocycles. The van der Waals surface area contributed by atoms with Gasteiger partial charge in [-0.3, -0.25) is 9.69 Å². The average molecular weight is 341 g/mol. The van der Waals surface area contributed by atoms with Gasteiger partial charge in [0.15, 0.2) is 0 Å². The van der Waals surface area contributed by atoms with Crippen LogP contribution in [0.15, 0.2) is 28.7 Å². The molecule has 1 saturated heterocycles. The van der Waals surface area contributed by atoms with Crippen LogP contribution in [0.4, 0.5) is 0 Å². The Bertz CT molecular complexity index is 445. The highest BCUT2D eigenvalue weighted by molar-refractivity contribution is 9.10. The minimum atomic E-state index is 0.176. The molecule has 1 aliphatic rings. The Morgan fingerprint density at radius 1 is 1.45 bits per heavy atom. The van der Waals surface area contributed by atoms with Crippen LogP contribution < -0.4 is 10.1 Å². The number of likely N-dealkylation sites (tertiary alicyclic amines) is 1. The van der Waals surface area contributed by atoms with Gasteiger partial charge in [0.2, 0.25) is 5.91 Å². The summed E-state index contributed by atoms with van der Waals surface area (Å²) < 4.78 is 6.76. The minimum Gasteiger partial charge on any atom is -0.492 e. The highest BCUT2D eigenvalue weighted by Gasteiger charge is 2.23. The van der Waals surface area contributed by atoms with Crippen molar-refractivity contribution in [2.24, 2.45) is 5.92 Å². The molecule has 1 fully saturated rings. The number of carbonyl (C=O) groups is 1. The van der Waals surface area contributed by atoms with Gasteiger partial charge in [0.25, 0.3) is 0 Å². The molecule has 1 heterocycles. The lowest BCUT2D eigenvalue weighted by atomic mass is 9.96. The molecule has 5 heteroatoms. The molecule has 1 aromatic rings. The molecule has 4 nitrogen and oxygen atoms in total. The first-order valence-corrected chi connectivity index (χ1v) is 7.80. The fourth-order valence-electron chi connectivity index (χ4n) is 2.47. The van der Waals surface area contributed by atoms with Gasteiger partial charge in [0.1, 0.15) is 12.4 Å². The SMILES string of the molecule is CNC(=O)C1CCN(CCOc2cccc(Br)c2)CC1. The molecule has 110 valence electrons. The zero-order valence-electron chi connectivity index (χ0n) is 11.8. The Morgan fingerprint density at radius 3 is 2.85 bits per heavy atom.